The van der Waals surface area contributed by atoms with Crippen LogP contribution in [0, 0.1) is 32.1 Å². The lowest BCUT2D eigenvalue weighted by molar-refractivity contribution is -0.388. The van der Waals surface area contributed by atoms with Crippen LogP contribution in [0.15, 0.2) is 59.8 Å². The van der Waals surface area contributed by atoms with Crippen molar-refractivity contribution in [3.8, 4) is 11.5 Å². The molecule has 1 heterocycles. The third kappa shape index (κ3) is 5.61. The zero-order valence-electron chi connectivity index (χ0n) is 17.6. The van der Waals surface area contributed by atoms with Gasteiger partial charge >= 0.3 is 5.69 Å². The standard InChI is InChI=1S/C22H17N7O3S/c1-22(2,12-23)15-6-3-5-14(9-15)19(30)26-16-7-4-8-17(10-16)27-21-25-11-18(29(31)32)20(28-21)33-13-24/h3-11H,1-2H3,(H,26,30)(H,25,27,28). The van der Waals surface area contributed by atoms with Crippen LogP contribution in [0.2, 0.25) is 0 Å². The normalized spacial score (nSPS) is 10.5. The first kappa shape index (κ1) is 23.2. The van der Waals surface area contributed by atoms with Crippen molar-refractivity contribution >= 4 is 40.7 Å². The molecule has 3 aromatic rings. The fraction of sp³-hybridized carbons (Fsp3) is 0.136. The van der Waals surface area contributed by atoms with Crippen LogP contribution >= 0.6 is 11.8 Å². The first-order chi connectivity index (χ1) is 15.7. The second-order valence-corrected chi connectivity index (χ2v) is 8.09. The van der Waals surface area contributed by atoms with E-state index in [0.29, 0.717) is 28.7 Å². The van der Waals surface area contributed by atoms with Crippen molar-refractivity contribution in [2.24, 2.45) is 0 Å². The number of anilines is 3. The van der Waals surface area contributed by atoms with Crippen LogP contribution in [0.5, 0.6) is 0 Å². The first-order valence-corrected chi connectivity index (χ1v) is 10.3. The highest BCUT2D eigenvalue weighted by Gasteiger charge is 2.21. The predicted molar refractivity (Wildman–Crippen MR) is 123 cm³/mol. The van der Waals surface area contributed by atoms with E-state index in [-0.39, 0.29) is 22.6 Å². The van der Waals surface area contributed by atoms with Crippen molar-refractivity contribution in [3.05, 3.63) is 76.0 Å². The van der Waals surface area contributed by atoms with Gasteiger partial charge in [-0.05, 0) is 49.7 Å². The Morgan fingerprint density at radius 3 is 2.58 bits per heavy atom. The van der Waals surface area contributed by atoms with Crippen molar-refractivity contribution in [1.29, 1.82) is 10.5 Å². The van der Waals surface area contributed by atoms with E-state index in [4.69, 9.17) is 5.26 Å². The number of nitro groups is 1. The number of thiocyanates is 1. The molecular formula is C22H17N7O3S. The van der Waals surface area contributed by atoms with E-state index in [1.807, 2.05) is 0 Å². The maximum atomic E-state index is 12.7. The van der Waals surface area contributed by atoms with Crippen LogP contribution in [-0.4, -0.2) is 20.8 Å². The average Bonchev–Trinajstić information content (AvgIpc) is 2.79. The Morgan fingerprint density at radius 1 is 1.15 bits per heavy atom. The fourth-order valence-corrected chi connectivity index (χ4v) is 3.23. The molecule has 1 amide bonds. The molecule has 3 rings (SSSR count). The molecule has 0 radical (unpaired) electrons. The third-order valence-corrected chi connectivity index (χ3v) is 5.16. The molecule has 0 saturated carbocycles. The van der Waals surface area contributed by atoms with Gasteiger partial charge in [0.25, 0.3) is 5.91 Å². The van der Waals surface area contributed by atoms with Crippen LogP contribution in [0.1, 0.15) is 29.8 Å². The number of nitrogens with zero attached hydrogens (tertiary/aromatic N) is 5. The lowest BCUT2D eigenvalue weighted by Gasteiger charge is -2.16. The van der Waals surface area contributed by atoms with Gasteiger partial charge in [0.1, 0.15) is 11.6 Å². The maximum absolute atomic E-state index is 12.7. The van der Waals surface area contributed by atoms with Gasteiger partial charge in [-0.15, -0.1) is 0 Å². The molecule has 1 aromatic heterocycles. The summed E-state index contributed by atoms with van der Waals surface area (Å²) >= 11 is 0.564. The molecule has 0 unspecified atom stereocenters. The molecule has 10 nitrogen and oxygen atoms in total. The summed E-state index contributed by atoms with van der Waals surface area (Å²) in [5.41, 5.74) is 1.06. The molecule has 2 aromatic carbocycles. The molecule has 0 aliphatic heterocycles. The van der Waals surface area contributed by atoms with E-state index in [0.717, 1.165) is 11.8 Å². The van der Waals surface area contributed by atoms with E-state index < -0.39 is 10.3 Å². The van der Waals surface area contributed by atoms with Crippen molar-refractivity contribution in [2.45, 2.75) is 24.3 Å². The molecule has 2 N–H and O–H groups in total. The number of hydrogen-bond acceptors (Lipinski definition) is 9. The van der Waals surface area contributed by atoms with Crippen molar-refractivity contribution < 1.29 is 9.72 Å². The summed E-state index contributed by atoms with van der Waals surface area (Å²) in [6.07, 6.45) is 1.02. The van der Waals surface area contributed by atoms with E-state index in [9.17, 15) is 20.2 Å². The van der Waals surface area contributed by atoms with Crippen LogP contribution in [-0.2, 0) is 5.41 Å². The molecular weight excluding hydrogens is 442 g/mol. The Kier molecular flexibility index (Phi) is 6.86. The number of nitrogens with one attached hydrogen (secondary N) is 2. The first-order valence-electron chi connectivity index (χ1n) is 9.51. The summed E-state index contributed by atoms with van der Waals surface area (Å²) in [6.45, 7) is 3.56. The van der Waals surface area contributed by atoms with E-state index in [2.05, 4.69) is 26.7 Å². The van der Waals surface area contributed by atoms with Gasteiger partial charge in [-0.3, -0.25) is 14.9 Å². The van der Waals surface area contributed by atoms with Gasteiger partial charge in [-0.1, -0.05) is 18.2 Å². The third-order valence-electron chi connectivity index (χ3n) is 4.58. The lowest BCUT2D eigenvalue weighted by atomic mass is 9.85. The van der Waals surface area contributed by atoms with Gasteiger partial charge in [0.05, 0.1) is 16.4 Å². The topological polar surface area (TPSA) is 158 Å². The SMILES string of the molecule is CC(C)(C#N)c1cccc(C(=O)Nc2cccc(Nc3ncc([N+](=O)[O-])c(SC#N)n3)c2)c1. The Bertz CT molecular complexity index is 1310. The molecule has 0 saturated heterocycles. The Balaban J connectivity index is 1.79. The largest absolute Gasteiger partial charge is 0.324 e. The summed E-state index contributed by atoms with van der Waals surface area (Å²) in [6, 6.07) is 15.8. The predicted octanol–water partition coefficient (Wildman–Crippen LogP) is 4.76. The van der Waals surface area contributed by atoms with Gasteiger partial charge in [-0.2, -0.15) is 15.5 Å². The summed E-state index contributed by atoms with van der Waals surface area (Å²) in [7, 11) is 0. The summed E-state index contributed by atoms with van der Waals surface area (Å²) in [5, 5.41) is 36.6. The highest BCUT2D eigenvalue weighted by molar-refractivity contribution is 8.03. The number of carbonyl (C=O) groups is 1. The number of aromatic nitrogens is 2. The number of carbonyl (C=O) groups excluding carboxylic acids is 1. The number of rotatable bonds is 7. The molecule has 0 aliphatic carbocycles. The number of nitriles is 2. The quantitative estimate of drug-likeness (QED) is 0.167. The number of hydrogen-bond donors (Lipinski definition) is 2. The molecule has 0 fully saturated rings. The minimum Gasteiger partial charge on any atom is -0.324 e. The second kappa shape index (κ2) is 9.77. The van der Waals surface area contributed by atoms with Crippen molar-refractivity contribution in [1.82, 2.24) is 9.97 Å². The Hall–Kier alpha value is -4.48. The monoisotopic (exact) mass is 459 g/mol. The zero-order valence-corrected chi connectivity index (χ0v) is 18.4. The van der Waals surface area contributed by atoms with Crippen LogP contribution in [0.25, 0.3) is 0 Å². The lowest BCUT2D eigenvalue weighted by Crippen LogP contribution is -2.17. The minimum atomic E-state index is -0.729. The Morgan fingerprint density at radius 2 is 1.88 bits per heavy atom. The molecule has 33 heavy (non-hydrogen) atoms. The van der Waals surface area contributed by atoms with Crippen LogP contribution in [0.3, 0.4) is 0 Å². The van der Waals surface area contributed by atoms with E-state index in [1.165, 1.54) is 0 Å². The van der Waals surface area contributed by atoms with Crippen molar-refractivity contribution in [2.75, 3.05) is 10.6 Å². The van der Waals surface area contributed by atoms with Gasteiger partial charge in [-0.25, -0.2) is 4.98 Å². The summed E-state index contributed by atoms with van der Waals surface area (Å²) < 4.78 is 0. The highest BCUT2D eigenvalue weighted by Crippen LogP contribution is 2.28. The Labute approximate surface area is 193 Å². The number of benzene rings is 2. The van der Waals surface area contributed by atoms with Gasteiger partial charge in [0.2, 0.25) is 5.95 Å². The van der Waals surface area contributed by atoms with Gasteiger partial charge in [0.15, 0.2) is 5.03 Å². The van der Waals surface area contributed by atoms with Gasteiger partial charge < -0.3 is 10.6 Å². The molecule has 11 heteroatoms. The average molecular weight is 459 g/mol. The smallest absolute Gasteiger partial charge is 0.320 e. The summed E-state index contributed by atoms with van der Waals surface area (Å²) in [5.74, 6) is -0.282. The fourth-order valence-electron chi connectivity index (χ4n) is 2.78. The van der Waals surface area contributed by atoms with Crippen LogP contribution < -0.4 is 10.6 Å². The molecule has 0 bridgehead atoms. The zero-order chi connectivity index (χ0) is 24.0. The molecule has 0 spiro atoms. The second-order valence-electron chi connectivity index (χ2n) is 7.31. The molecule has 164 valence electrons. The summed E-state index contributed by atoms with van der Waals surface area (Å²) in [4.78, 5) is 31.1. The van der Waals surface area contributed by atoms with E-state index in [1.54, 1.807) is 67.8 Å². The maximum Gasteiger partial charge on any atom is 0.320 e. The van der Waals surface area contributed by atoms with Gasteiger partial charge in [0, 0.05) is 28.7 Å². The molecule has 0 atom stereocenters. The number of amides is 1. The minimum absolute atomic E-state index is 0.0632. The van der Waals surface area contributed by atoms with E-state index >= 15 is 0 Å². The molecule has 0 aliphatic rings. The van der Waals surface area contributed by atoms with Crippen LogP contribution in [0.4, 0.5) is 23.0 Å². The highest BCUT2D eigenvalue weighted by atomic mass is 32.2. The number of thioether (sulfide) groups is 1. The van der Waals surface area contributed by atoms with Crippen molar-refractivity contribution in [3.63, 3.8) is 0 Å².